The van der Waals surface area contributed by atoms with E-state index >= 15 is 0 Å². The Morgan fingerprint density at radius 2 is 1.39 bits per heavy atom. The average molecular weight is 823 g/mol. The third-order valence-corrected chi connectivity index (χ3v) is 10.2. The van der Waals surface area contributed by atoms with Crippen molar-refractivity contribution in [2.45, 2.75) is 205 Å². The molecule has 0 aliphatic carbocycles. The Labute approximate surface area is 335 Å². The van der Waals surface area contributed by atoms with Crippen LogP contribution in [-0.4, -0.2) is 98.2 Å². The van der Waals surface area contributed by atoms with Crippen molar-refractivity contribution in [1.29, 1.82) is 0 Å². The zero-order valence-electron chi connectivity index (χ0n) is 34.0. The molecular formula is C40H75N2O13P. The van der Waals surface area contributed by atoms with Gasteiger partial charge in [-0.25, -0.2) is 4.57 Å². The first-order chi connectivity index (χ1) is 26.9. The number of nitrogens with one attached hydrogen (secondary N) is 2. The molecular weight excluding hydrogens is 747 g/mol. The number of phosphoric acid groups is 1. The summed E-state index contributed by atoms with van der Waals surface area (Å²) in [5.74, 6) is -0.830. The molecule has 16 heteroatoms. The first kappa shape index (κ1) is 51.9. The van der Waals surface area contributed by atoms with E-state index in [0.717, 1.165) is 63.9 Å². The van der Waals surface area contributed by atoms with Gasteiger partial charge in [-0.2, -0.15) is 0 Å². The highest BCUT2D eigenvalue weighted by Crippen LogP contribution is 2.41. The van der Waals surface area contributed by atoms with Gasteiger partial charge in [0.2, 0.25) is 24.4 Å². The molecule has 0 bridgehead atoms. The standard InChI is InChI=1S/C40H75N2O13P/c1-3-5-7-9-11-13-14-16-18-20-22-24-37(46)41-33(25-26-43)39(48)52-27-28-53-40-34(30-35(36(31-44)54-40)55-56(49,50)51)42-38(47)29-32(45)23-21-19-17-15-12-10-8-6-4-2/h13-14,27-28,32-36,39-40,43-45,48H,3-12,15-26,29-31H2,1-2H3,(H,41,46)(H,42,47)(H2,49,50,51)/b14-13-,28-27+/t32?,33?,34?,35-,36?,39-,40?/m0/s1. The van der Waals surface area contributed by atoms with E-state index in [1.807, 2.05) is 0 Å². The Kier molecular flexibility index (Phi) is 30.5. The average Bonchev–Trinajstić information content (AvgIpc) is 3.14. The minimum Gasteiger partial charge on any atom is -0.467 e. The van der Waals surface area contributed by atoms with Crippen LogP contribution >= 0.6 is 7.82 Å². The SMILES string of the molecule is CCCCCC/C=C\CCCCCC(=O)NC(CCO)[C@@H](O)O/C=C/OC1OC(CO)[C@@H](OP(=O)(O)O)CC1NC(=O)CC(O)CCCCCCCCCCC. The van der Waals surface area contributed by atoms with E-state index in [2.05, 4.69) is 36.6 Å². The zero-order valence-corrected chi connectivity index (χ0v) is 34.9. The summed E-state index contributed by atoms with van der Waals surface area (Å²) in [6, 6.07) is -1.94. The van der Waals surface area contributed by atoms with Crippen molar-refractivity contribution in [3.63, 3.8) is 0 Å². The monoisotopic (exact) mass is 823 g/mol. The van der Waals surface area contributed by atoms with Crippen LogP contribution in [0, 0.1) is 0 Å². The third-order valence-electron chi connectivity index (χ3n) is 9.68. The number of hydrogen-bond donors (Lipinski definition) is 8. The van der Waals surface area contributed by atoms with Crippen LogP contribution in [0.2, 0.25) is 0 Å². The molecule has 1 aliphatic rings. The Morgan fingerprint density at radius 3 is 1.98 bits per heavy atom. The smallest absolute Gasteiger partial charge is 0.467 e. The highest BCUT2D eigenvalue weighted by atomic mass is 31.2. The zero-order chi connectivity index (χ0) is 41.4. The third kappa shape index (κ3) is 26.8. The van der Waals surface area contributed by atoms with Gasteiger partial charge >= 0.3 is 7.82 Å². The fourth-order valence-electron chi connectivity index (χ4n) is 6.51. The molecule has 0 saturated carbocycles. The topological polar surface area (TPSA) is 234 Å². The molecule has 1 heterocycles. The number of unbranched alkanes of at least 4 members (excludes halogenated alkanes) is 15. The number of carbonyl (C=O) groups is 2. The Bertz CT molecular complexity index is 1110. The number of rotatable bonds is 35. The molecule has 0 spiro atoms. The first-order valence-electron chi connectivity index (χ1n) is 21.1. The van der Waals surface area contributed by atoms with Crippen LogP contribution in [0.25, 0.3) is 0 Å². The van der Waals surface area contributed by atoms with Crippen LogP contribution in [-0.2, 0) is 32.9 Å². The number of aliphatic hydroxyl groups is 4. The lowest BCUT2D eigenvalue weighted by molar-refractivity contribution is -0.222. The van der Waals surface area contributed by atoms with E-state index in [0.29, 0.717) is 12.8 Å². The number of carbonyl (C=O) groups excluding carboxylic acids is 2. The van der Waals surface area contributed by atoms with E-state index in [4.69, 9.17) is 18.7 Å². The van der Waals surface area contributed by atoms with E-state index in [1.54, 1.807) is 0 Å². The molecule has 328 valence electrons. The maximum Gasteiger partial charge on any atom is 0.469 e. The highest BCUT2D eigenvalue weighted by molar-refractivity contribution is 7.46. The number of amides is 2. The van der Waals surface area contributed by atoms with E-state index in [1.165, 1.54) is 57.8 Å². The Balaban J connectivity index is 2.64. The fraction of sp³-hybridized carbons (Fsp3) is 0.850. The van der Waals surface area contributed by atoms with Crippen molar-refractivity contribution < 1.29 is 63.1 Å². The van der Waals surface area contributed by atoms with Crippen molar-refractivity contribution in [2.75, 3.05) is 13.2 Å². The van der Waals surface area contributed by atoms with Gasteiger partial charge in [0.15, 0.2) is 0 Å². The normalized spacial score (nSPS) is 20.6. The number of hydrogen-bond acceptors (Lipinski definition) is 11. The molecule has 1 fully saturated rings. The molecule has 2 amide bonds. The minimum absolute atomic E-state index is 0.0224. The van der Waals surface area contributed by atoms with Crippen molar-refractivity contribution in [3.8, 4) is 0 Å². The van der Waals surface area contributed by atoms with Gasteiger partial charge in [-0.3, -0.25) is 14.1 Å². The lowest BCUT2D eigenvalue weighted by atomic mass is 10.00. The number of aliphatic hydroxyl groups excluding tert-OH is 4. The Hall–Kier alpha value is -2.07. The number of phosphoric ester groups is 1. The van der Waals surface area contributed by atoms with E-state index in [-0.39, 0.29) is 38.2 Å². The first-order valence-corrected chi connectivity index (χ1v) is 22.6. The van der Waals surface area contributed by atoms with Crippen molar-refractivity contribution in [3.05, 3.63) is 24.7 Å². The van der Waals surface area contributed by atoms with Gasteiger partial charge in [0, 0.05) is 19.4 Å². The van der Waals surface area contributed by atoms with E-state index < -0.39 is 63.3 Å². The molecule has 1 rings (SSSR count). The summed E-state index contributed by atoms with van der Waals surface area (Å²) >= 11 is 0. The quantitative estimate of drug-likeness (QED) is 0.0123. The lowest BCUT2D eigenvalue weighted by Crippen LogP contribution is -2.56. The van der Waals surface area contributed by atoms with Crippen LogP contribution in [0.1, 0.15) is 162 Å². The summed E-state index contributed by atoms with van der Waals surface area (Å²) in [7, 11) is -4.99. The molecule has 7 atom stereocenters. The second-order valence-electron chi connectivity index (χ2n) is 14.8. The van der Waals surface area contributed by atoms with Crippen LogP contribution < -0.4 is 10.6 Å². The minimum atomic E-state index is -4.99. The summed E-state index contributed by atoms with van der Waals surface area (Å²) in [6.07, 6.45) is 20.1. The summed E-state index contributed by atoms with van der Waals surface area (Å²) in [5.41, 5.74) is 0. The molecule has 5 unspecified atom stereocenters. The van der Waals surface area contributed by atoms with Gasteiger partial charge in [-0.15, -0.1) is 0 Å². The fourth-order valence-corrected chi connectivity index (χ4v) is 7.09. The number of ether oxygens (including phenoxy) is 3. The van der Waals surface area contributed by atoms with Crippen LogP contribution in [0.5, 0.6) is 0 Å². The summed E-state index contributed by atoms with van der Waals surface area (Å²) in [6.45, 7) is 3.39. The summed E-state index contributed by atoms with van der Waals surface area (Å²) in [5, 5.41) is 45.8. The molecule has 1 aliphatic heterocycles. The van der Waals surface area contributed by atoms with E-state index in [9.17, 15) is 44.4 Å². The second-order valence-corrected chi connectivity index (χ2v) is 16.0. The predicted molar refractivity (Wildman–Crippen MR) is 214 cm³/mol. The molecule has 0 radical (unpaired) electrons. The predicted octanol–water partition coefficient (Wildman–Crippen LogP) is 5.90. The van der Waals surface area contributed by atoms with Crippen molar-refractivity contribution >= 4 is 19.6 Å². The van der Waals surface area contributed by atoms with Gasteiger partial charge in [0.05, 0.1) is 31.2 Å². The van der Waals surface area contributed by atoms with Gasteiger partial charge in [0.25, 0.3) is 0 Å². The van der Waals surface area contributed by atoms with Gasteiger partial charge < -0.3 is 55.1 Å². The van der Waals surface area contributed by atoms with Gasteiger partial charge in [-0.05, 0) is 44.9 Å². The largest absolute Gasteiger partial charge is 0.469 e. The lowest BCUT2D eigenvalue weighted by Gasteiger charge is -2.40. The maximum absolute atomic E-state index is 12.9. The summed E-state index contributed by atoms with van der Waals surface area (Å²) < 4.78 is 33.1. The van der Waals surface area contributed by atoms with Crippen molar-refractivity contribution in [1.82, 2.24) is 10.6 Å². The highest BCUT2D eigenvalue weighted by Gasteiger charge is 2.43. The Morgan fingerprint density at radius 1 is 0.804 bits per heavy atom. The molecule has 1 saturated heterocycles. The van der Waals surface area contributed by atoms with Crippen LogP contribution in [0.3, 0.4) is 0 Å². The number of allylic oxidation sites excluding steroid dienone is 2. The maximum atomic E-state index is 12.9. The van der Waals surface area contributed by atoms with Gasteiger partial charge in [0.1, 0.15) is 24.7 Å². The molecule has 56 heavy (non-hydrogen) atoms. The molecule has 0 aromatic heterocycles. The molecule has 0 aromatic carbocycles. The summed E-state index contributed by atoms with van der Waals surface area (Å²) in [4.78, 5) is 44.3. The molecule has 0 aromatic rings. The van der Waals surface area contributed by atoms with Crippen LogP contribution in [0.4, 0.5) is 0 Å². The van der Waals surface area contributed by atoms with Crippen molar-refractivity contribution in [2.24, 2.45) is 0 Å². The second kappa shape index (κ2) is 32.8. The van der Waals surface area contributed by atoms with Crippen LogP contribution in [0.15, 0.2) is 24.7 Å². The molecule has 15 nitrogen and oxygen atoms in total. The molecule has 8 N–H and O–H groups in total. The van der Waals surface area contributed by atoms with Gasteiger partial charge in [-0.1, -0.05) is 109 Å².